The van der Waals surface area contributed by atoms with Crippen molar-refractivity contribution in [3.8, 4) is 0 Å². The van der Waals surface area contributed by atoms with Crippen molar-refractivity contribution in [2.45, 2.75) is 26.4 Å². The van der Waals surface area contributed by atoms with E-state index in [0.717, 1.165) is 44.2 Å². The number of hydrogen-bond acceptors (Lipinski definition) is 4. The summed E-state index contributed by atoms with van der Waals surface area (Å²) in [7, 11) is 0. The van der Waals surface area contributed by atoms with E-state index in [1.54, 1.807) is 17.1 Å². The first kappa shape index (κ1) is 16.1. The monoisotopic (exact) mass is 336 g/mol. The Balaban J connectivity index is 1.44. The molecule has 7 heteroatoms. The minimum Gasteiger partial charge on any atom is -0.468 e. The minimum atomic E-state index is 0.175. The zero-order valence-corrected chi connectivity index (χ0v) is 14.0. The molecule has 0 saturated carbocycles. The van der Waals surface area contributed by atoms with Gasteiger partial charge in [0.2, 0.25) is 5.91 Å². The van der Waals surface area contributed by atoms with Gasteiger partial charge in [-0.05, 0) is 19.1 Å². The predicted octanol–water partition coefficient (Wildman–Crippen LogP) is 2.17. The van der Waals surface area contributed by atoms with Gasteiger partial charge in [-0.25, -0.2) is 0 Å². The third-order valence-corrected chi connectivity index (χ3v) is 4.64. The van der Waals surface area contributed by atoms with Gasteiger partial charge in [-0.1, -0.05) is 11.6 Å². The second-order valence-corrected chi connectivity index (χ2v) is 6.19. The van der Waals surface area contributed by atoms with Gasteiger partial charge in [0.1, 0.15) is 5.76 Å². The quantitative estimate of drug-likeness (QED) is 0.839. The first-order chi connectivity index (χ1) is 11.1. The molecule has 1 saturated heterocycles. The third kappa shape index (κ3) is 3.95. The van der Waals surface area contributed by atoms with Crippen LogP contribution >= 0.6 is 11.6 Å². The number of rotatable bonds is 5. The van der Waals surface area contributed by atoms with Crippen molar-refractivity contribution in [2.75, 3.05) is 26.2 Å². The van der Waals surface area contributed by atoms with Gasteiger partial charge in [-0.15, -0.1) is 0 Å². The van der Waals surface area contributed by atoms with Crippen LogP contribution in [0.5, 0.6) is 0 Å². The smallest absolute Gasteiger partial charge is 0.224 e. The van der Waals surface area contributed by atoms with Crippen LogP contribution in [0, 0.1) is 6.92 Å². The molecule has 0 N–H and O–H groups in total. The zero-order valence-electron chi connectivity index (χ0n) is 13.2. The van der Waals surface area contributed by atoms with Crippen LogP contribution in [0.4, 0.5) is 0 Å². The molecular formula is C16H21ClN4O2. The maximum Gasteiger partial charge on any atom is 0.224 e. The average Bonchev–Trinajstić information content (AvgIpc) is 3.17. The summed E-state index contributed by atoms with van der Waals surface area (Å²) in [5, 5.41) is 4.82. The molecule has 1 fully saturated rings. The third-order valence-electron chi connectivity index (χ3n) is 4.27. The van der Waals surface area contributed by atoms with Crippen molar-refractivity contribution >= 4 is 17.5 Å². The second kappa shape index (κ2) is 7.19. The Morgan fingerprint density at radius 2 is 2.13 bits per heavy atom. The highest BCUT2D eigenvalue weighted by Crippen LogP contribution is 2.14. The lowest BCUT2D eigenvalue weighted by molar-refractivity contribution is -0.133. The molecule has 1 aliphatic rings. The van der Waals surface area contributed by atoms with Crippen LogP contribution in [0.15, 0.2) is 29.0 Å². The molecule has 0 atom stereocenters. The molecule has 2 aromatic heterocycles. The van der Waals surface area contributed by atoms with E-state index in [-0.39, 0.29) is 5.91 Å². The number of carbonyl (C=O) groups is 1. The van der Waals surface area contributed by atoms with Crippen molar-refractivity contribution in [2.24, 2.45) is 0 Å². The van der Waals surface area contributed by atoms with Crippen LogP contribution in [0.25, 0.3) is 0 Å². The zero-order chi connectivity index (χ0) is 16.2. The Morgan fingerprint density at radius 1 is 1.35 bits per heavy atom. The average molecular weight is 337 g/mol. The molecule has 0 spiro atoms. The van der Waals surface area contributed by atoms with Crippen LogP contribution in [-0.2, 0) is 17.9 Å². The maximum absolute atomic E-state index is 12.3. The Morgan fingerprint density at radius 3 is 2.74 bits per heavy atom. The van der Waals surface area contributed by atoms with E-state index in [9.17, 15) is 4.79 Å². The largest absolute Gasteiger partial charge is 0.468 e. The summed E-state index contributed by atoms with van der Waals surface area (Å²) in [6.07, 6.45) is 3.77. The van der Waals surface area contributed by atoms with E-state index >= 15 is 0 Å². The highest BCUT2D eigenvalue weighted by molar-refractivity contribution is 6.31. The number of aryl methyl sites for hydroxylation is 1. The fourth-order valence-electron chi connectivity index (χ4n) is 2.79. The van der Waals surface area contributed by atoms with Gasteiger partial charge >= 0.3 is 0 Å². The van der Waals surface area contributed by atoms with Crippen LogP contribution in [-0.4, -0.2) is 51.7 Å². The molecule has 0 unspecified atom stereocenters. The first-order valence-electron chi connectivity index (χ1n) is 7.84. The number of aromatic nitrogens is 2. The molecule has 3 rings (SSSR count). The van der Waals surface area contributed by atoms with Gasteiger partial charge in [0.15, 0.2) is 0 Å². The minimum absolute atomic E-state index is 0.175. The number of halogens is 1. The van der Waals surface area contributed by atoms with Crippen LogP contribution in [0.1, 0.15) is 17.9 Å². The van der Waals surface area contributed by atoms with Gasteiger partial charge < -0.3 is 9.32 Å². The molecule has 124 valence electrons. The Labute approximate surface area is 140 Å². The summed E-state index contributed by atoms with van der Waals surface area (Å²) in [6, 6.07) is 3.88. The molecule has 1 aliphatic heterocycles. The lowest BCUT2D eigenvalue weighted by atomic mass is 10.2. The lowest BCUT2D eigenvalue weighted by Crippen LogP contribution is -2.48. The van der Waals surface area contributed by atoms with E-state index in [4.69, 9.17) is 16.0 Å². The summed E-state index contributed by atoms with van der Waals surface area (Å²) in [5.74, 6) is 1.14. The summed E-state index contributed by atoms with van der Waals surface area (Å²) in [5.41, 5.74) is 0.905. The molecular weight excluding hydrogens is 316 g/mol. The number of amides is 1. The standard InChI is InChI=1S/C16H21ClN4O2/c1-13-15(17)11-18-21(13)5-4-16(22)20-8-6-19(7-9-20)12-14-3-2-10-23-14/h2-3,10-11H,4-9,12H2,1H3. The number of piperazine rings is 1. The van der Waals surface area contributed by atoms with E-state index in [1.807, 2.05) is 24.0 Å². The van der Waals surface area contributed by atoms with E-state index < -0.39 is 0 Å². The molecule has 2 aromatic rings. The summed E-state index contributed by atoms with van der Waals surface area (Å²) < 4.78 is 7.15. The molecule has 0 bridgehead atoms. The summed E-state index contributed by atoms with van der Waals surface area (Å²) in [4.78, 5) is 16.6. The lowest BCUT2D eigenvalue weighted by Gasteiger charge is -2.34. The fraction of sp³-hybridized carbons (Fsp3) is 0.500. The Hall–Kier alpha value is -1.79. The van der Waals surface area contributed by atoms with E-state index in [1.165, 1.54) is 0 Å². The fourth-order valence-corrected chi connectivity index (χ4v) is 2.93. The first-order valence-corrected chi connectivity index (χ1v) is 8.21. The molecule has 0 radical (unpaired) electrons. The Bertz CT molecular complexity index is 645. The van der Waals surface area contributed by atoms with Gasteiger partial charge in [0.05, 0.1) is 36.3 Å². The van der Waals surface area contributed by atoms with Crippen molar-refractivity contribution in [3.63, 3.8) is 0 Å². The number of hydrogen-bond donors (Lipinski definition) is 0. The van der Waals surface area contributed by atoms with Gasteiger partial charge in [-0.2, -0.15) is 5.10 Å². The highest BCUT2D eigenvalue weighted by atomic mass is 35.5. The van der Waals surface area contributed by atoms with Crippen molar-refractivity contribution in [1.82, 2.24) is 19.6 Å². The molecule has 0 aromatic carbocycles. The summed E-state index contributed by atoms with van der Waals surface area (Å²) in [6.45, 7) is 6.56. The normalized spacial score (nSPS) is 16.0. The van der Waals surface area contributed by atoms with E-state index in [0.29, 0.717) is 18.0 Å². The predicted molar refractivity (Wildman–Crippen MR) is 87.2 cm³/mol. The van der Waals surface area contributed by atoms with Crippen molar-refractivity contribution < 1.29 is 9.21 Å². The van der Waals surface area contributed by atoms with Gasteiger partial charge in [-0.3, -0.25) is 14.4 Å². The maximum atomic E-state index is 12.3. The van der Waals surface area contributed by atoms with Crippen LogP contribution in [0.2, 0.25) is 5.02 Å². The molecule has 3 heterocycles. The van der Waals surface area contributed by atoms with Crippen molar-refractivity contribution in [3.05, 3.63) is 41.1 Å². The molecule has 1 amide bonds. The number of carbonyl (C=O) groups excluding carboxylic acids is 1. The van der Waals surface area contributed by atoms with Crippen molar-refractivity contribution in [1.29, 1.82) is 0 Å². The summed E-state index contributed by atoms with van der Waals surface area (Å²) >= 11 is 5.98. The number of nitrogens with zero attached hydrogens (tertiary/aromatic N) is 4. The van der Waals surface area contributed by atoms with Crippen LogP contribution < -0.4 is 0 Å². The second-order valence-electron chi connectivity index (χ2n) is 5.79. The number of furan rings is 1. The highest BCUT2D eigenvalue weighted by Gasteiger charge is 2.21. The molecule has 23 heavy (non-hydrogen) atoms. The van der Waals surface area contributed by atoms with Gasteiger partial charge in [0.25, 0.3) is 0 Å². The molecule has 6 nitrogen and oxygen atoms in total. The van der Waals surface area contributed by atoms with Gasteiger partial charge in [0, 0.05) is 32.6 Å². The topological polar surface area (TPSA) is 54.5 Å². The molecule has 0 aliphatic carbocycles. The van der Waals surface area contributed by atoms with Crippen LogP contribution in [0.3, 0.4) is 0 Å². The van der Waals surface area contributed by atoms with E-state index in [2.05, 4.69) is 10.00 Å². The SMILES string of the molecule is Cc1c(Cl)cnn1CCC(=O)N1CCN(Cc2ccco2)CC1. The Kier molecular flexibility index (Phi) is 5.03.